The molecule has 0 spiro atoms. The molecule has 0 unspecified atom stereocenters. The van der Waals surface area contributed by atoms with Crippen LogP contribution in [0.5, 0.6) is 0 Å². The quantitative estimate of drug-likeness (QED) is 0.152. The normalized spacial score (nSPS) is 13.3. The average Bonchev–Trinajstić information content (AvgIpc) is 1.54. The standard InChI is InChI=1S/C48H35N3S.C44H27N3S/c1-48(2,3)33-26-24-31(25-27-33)40-29-39(30-14-5-4-6-15-30)49-47(50-40)32-16-13-17-34(28-32)51-41-22-11-9-20-37(41)43-35-18-7-8-19-36(35)44-38-21-10-12-23-42(38)52-46(44)45(43)51;1-3-13-28(14-4-1)29-23-25-31(26-24-29)37-27-36(30-15-5-2-6-16-30)45-44(46-37)47-38-21-11-9-19-34(38)40-32-17-7-8-18-33(32)41-35-20-10-12-22-39(35)48-43(41)42(40)47/h4-29H,1-3H3;1-27H/i;1D,2D,3D,4D,5D,6D,13D,14D,15D,16D. The van der Waals surface area contributed by atoms with Gasteiger partial charge in [-0.2, -0.15) is 0 Å². The van der Waals surface area contributed by atoms with Crippen LogP contribution in [0.1, 0.15) is 40.0 Å². The van der Waals surface area contributed by atoms with Gasteiger partial charge in [0.1, 0.15) is 0 Å². The average molecular weight is 1330 g/mol. The van der Waals surface area contributed by atoms with Gasteiger partial charge < -0.3 is 4.57 Å². The van der Waals surface area contributed by atoms with E-state index in [-0.39, 0.29) is 40.3 Å². The summed E-state index contributed by atoms with van der Waals surface area (Å²) in [7, 11) is 0. The zero-order valence-electron chi connectivity index (χ0n) is 64.3. The van der Waals surface area contributed by atoms with E-state index in [2.05, 4.69) is 207 Å². The zero-order valence-corrected chi connectivity index (χ0v) is 56.0. The number of nitrogens with zero attached hydrogens (tertiary/aromatic N) is 6. The highest BCUT2D eigenvalue weighted by molar-refractivity contribution is 7.27. The molecule has 20 rings (SSSR count). The van der Waals surface area contributed by atoms with Crippen molar-refractivity contribution in [3.05, 3.63) is 327 Å². The van der Waals surface area contributed by atoms with Gasteiger partial charge in [-0.1, -0.05) is 294 Å². The van der Waals surface area contributed by atoms with Crippen molar-refractivity contribution in [3.8, 4) is 79.2 Å². The van der Waals surface area contributed by atoms with Crippen LogP contribution in [0.2, 0.25) is 0 Å². The molecule has 0 atom stereocenters. The van der Waals surface area contributed by atoms with E-state index in [0.29, 0.717) is 22.6 Å². The minimum Gasteiger partial charge on any atom is -0.308 e. The number of aromatic nitrogens is 6. The summed E-state index contributed by atoms with van der Waals surface area (Å²) in [5, 5.41) is 14.1. The van der Waals surface area contributed by atoms with Crippen LogP contribution in [0.4, 0.5) is 0 Å². The van der Waals surface area contributed by atoms with E-state index in [1.54, 1.807) is 41.7 Å². The van der Waals surface area contributed by atoms with E-state index in [0.717, 1.165) is 86.5 Å². The predicted octanol–water partition coefficient (Wildman–Crippen LogP) is 25.5. The number of benzene rings is 14. The monoisotopic (exact) mass is 1320 g/mol. The molecule has 6 aromatic heterocycles. The first-order valence-corrected chi connectivity index (χ1v) is 34.8. The van der Waals surface area contributed by atoms with Crippen LogP contribution in [0.25, 0.3) is 185 Å². The molecule has 14 aromatic carbocycles. The van der Waals surface area contributed by atoms with Crippen molar-refractivity contribution < 1.29 is 13.7 Å². The molecule has 20 aromatic rings. The van der Waals surface area contributed by atoms with Crippen LogP contribution in [0.15, 0.2) is 321 Å². The van der Waals surface area contributed by atoms with Crippen molar-refractivity contribution in [3.63, 3.8) is 0 Å². The first-order valence-electron chi connectivity index (χ1n) is 38.2. The van der Waals surface area contributed by atoms with Gasteiger partial charge >= 0.3 is 0 Å². The minimum atomic E-state index is -0.516. The molecule has 0 radical (unpaired) electrons. The second-order valence-corrected chi connectivity index (χ2v) is 28.2. The highest BCUT2D eigenvalue weighted by Crippen LogP contribution is 2.50. The highest BCUT2D eigenvalue weighted by Gasteiger charge is 2.26. The second-order valence-electron chi connectivity index (χ2n) is 26.1. The van der Waals surface area contributed by atoms with Crippen molar-refractivity contribution in [1.82, 2.24) is 29.1 Å². The molecule has 0 bridgehead atoms. The van der Waals surface area contributed by atoms with Crippen molar-refractivity contribution in [2.24, 2.45) is 0 Å². The van der Waals surface area contributed by atoms with Crippen molar-refractivity contribution in [2.45, 2.75) is 26.2 Å². The largest absolute Gasteiger partial charge is 0.308 e. The van der Waals surface area contributed by atoms with Crippen LogP contribution in [-0.2, 0) is 5.41 Å². The Morgan fingerprint density at radius 1 is 0.310 bits per heavy atom. The molecule has 8 heteroatoms. The van der Waals surface area contributed by atoms with Gasteiger partial charge in [0.25, 0.3) is 0 Å². The summed E-state index contributed by atoms with van der Waals surface area (Å²) >= 11 is 3.56. The maximum absolute atomic E-state index is 8.91. The number of rotatable bonds is 8. The minimum absolute atomic E-state index is 0.0607. The summed E-state index contributed by atoms with van der Waals surface area (Å²) in [5.41, 5.74) is 12.9. The van der Waals surface area contributed by atoms with Gasteiger partial charge in [-0.15, -0.1) is 22.7 Å². The molecular weight excluding hydrogens is 1250 g/mol. The third kappa shape index (κ3) is 9.89. The van der Waals surface area contributed by atoms with E-state index < -0.39 is 48.3 Å². The van der Waals surface area contributed by atoms with Gasteiger partial charge in [0.15, 0.2) is 5.82 Å². The molecule has 0 aliphatic heterocycles. The Balaban J connectivity index is 0.000000150. The maximum Gasteiger partial charge on any atom is 0.235 e. The first kappa shape index (κ1) is 49.3. The topological polar surface area (TPSA) is 61.4 Å². The predicted molar refractivity (Wildman–Crippen MR) is 425 cm³/mol. The van der Waals surface area contributed by atoms with Crippen LogP contribution in [0, 0.1) is 0 Å². The maximum atomic E-state index is 8.91. The van der Waals surface area contributed by atoms with Gasteiger partial charge in [-0.05, 0) is 92.2 Å². The fraction of sp³-hybridized carbons (Fsp3) is 0.0435. The summed E-state index contributed by atoms with van der Waals surface area (Å²) in [4.78, 5) is 20.6. The Morgan fingerprint density at radius 3 is 1.25 bits per heavy atom. The van der Waals surface area contributed by atoms with E-state index in [9.17, 15) is 0 Å². The summed E-state index contributed by atoms with van der Waals surface area (Å²) in [6, 6.07) is 85.3. The van der Waals surface area contributed by atoms with E-state index in [1.807, 2.05) is 64.4 Å². The molecule has 0 aliphatic carbocycles. The lowest BCUT2D eigenvalue weighted by Crippen LogP contribution is -2.10. The van der Waals surface area contributed by atoms with Crippen molar-refractivity contribution in [2.75, 3.05) is 0 Å². The number of hydrogen-bond acceptors (Lipinski definition) is 6. The molecule has 0 amide bonds. The lowest BCUT2D eigenvalue weighted by atomic mass is 9.86. The number of fused-ring (bicyclic) bond motifs is 20. The van der Waals surface area contributed by atoms with Crippen LogP contribution in [0.3, 0.4) is 0 Å². The smallest absolute Gasteiger partial charge is 0.235 e. The summed E-state index contributed by atoms with van der Waals surface area (Å²) < 4.78 is 93.7. The Morgan fingerprint density at radius 2 is 0.710 bits per heavy atom. The van der Waals surface area contributed by atoms with Crippen LogP contribution < -0.4 is 0 Å². The van der Waals surface area contributed by atoms with Gasteiger partial charge in [-0.25, -0.2) is 19.9 Å². The van der Waals surface area contributed by atoms with Gasteiger partial charge in [0.2, 0.25) is 5.95 Å². The third-order valence-corrected chi connectivity index (χ3v) is 21.5. The fourth-order valence-electron chi connectivity index (χ4n) is 14.5. The van der Waals surface area contributed by atoms with Crippen molar-refractivity contribution in [1.29, 1.82) is 0 Å². The summed E-state index contributed by atoms with van der Waals surface area (Å²) in [6.45, 7) is 6.74. The summed E-state index contributed by atoms with van der Waals surface area (Å²) in [6.07, 6.45) is 0. The van der Waals surface area contributed by atoms with Gasteiger partial charge in [0.05, 0.1) is 67.9 Å². The molecular formula is C92H62N6S2. The second kappa shape index (κ2) is 23.8. The third-order valence-electron chi connectivity index (χ3n) is 19.1. The zero-order chi connectivity index (χ0) is 75.3. The molecule has 0 saturated carbocycles. The number of hydrogen-bond donors (Lipinski definition) is 0. The Hall–Kier alpha value is -12.2. The van der Waals surface area contributed by atoms with E-state index in [1.165, 1.54) is 58.3 Å². The van der Waals surface area contributed by atoms with E-state index >= 15 is 0 Å². The van der Waals surface area contributed by atoms with Gasteiger partial charge in [0, 0.05) is 86.0 Å². The Bertz CT molecular complexity index is 7210. The molecule has 6 nitrogen and oxygen atoms in total. The van der Waals surface area contributed by atoms with Crippen molar-refractivity contribution >= 4 is 128 Å². The lowest BCUT2D eigenvalue weighted by Gasteiger charge is -2.19. The molecule has 0 fully saturated rings. The van der Waals surface area contributed by atoms with Crippen LogP contribution in [-0.4, -0.2) is 29.1 Å². The molecule has 0 saturated heterocycles. The lowest BCUT2D eigenvalue weighted by molar-refractivity contribution is 0.590. The molecule has 0 aliphatic rings. The summed E-state index contributed by atoms with van der Waals surface area (Å²) in [5.74, 6) is 0.922. The fourth-order valence-corrected chi connectivity index (χ4v) is 17.0. The molecule has 100 heavy (non-hydrogen) atoms. The number of thiophene rings is 2. The molecule has 0 N–H and O–H groups in total. The SMILES string of the molecule is CC(C)(C)c1ccc(-c2cc(-c3ccccc3)nc(-c3cccc(-n4c5ccccc5c5c6ccccc6c6c7ccccc7sc6c54)c3)n2)cc1.[2H]c1c([2H])c([2H])c(-c2ccc(-c3cc(-c4c([2H])c([2H])c([2H])c([2H])c4[2H])nc(-n4c5ccccc5c5c6ccccc6c6c7ccccc7sc6c54)n3)cc2)c([2H])c1[2H]. The molecule has 472 valence electrons. The Kier molecular flexibility index (Phi) is 11.7. The number of para-hydroxylation sites is 2. The highest BCUT2D eigenvalue weighted by atomic mass is 32.1. The Labute approximate surface area is 599 Å². The van der Waals surface area contributed by atoms with Gasteiger partial charge in [-0.3, -0.25) is 4.57 Å². The molecule has 6 heterocycles. The van der Waals surface area contributed by atoms with Crippen LogP contribution >= 0.6 is 22.7 Å². The van der Waals surface area contributed by atoms with E-state index in [4.69, 9.17) is 33.6 Å². The first-order chi connectivity index (χ1) is 53.4.